The zero-order valence-electron chi connectivity index (χ0n) is 10.5. The van der Waals surface area contributed by atoms with E-state index in [2.05, 4.69) is 4.90 Å². The number of hydrogen-bond acceptors (Lipinski definition) is 3. The van der Waals surface area contributed by atoms with Gasteiger partial charge >= 0.3 is 5.97 Å². The van der Waals surface area contributed by atoms with Crippen LogP contribution in [0.15, 0.2) is 24.3 Å². The van der Waals surface area contributed by atoms with Crippen molar-refractivity contribution in [3.63, 3.8) is 0 Å². The summed E-state index contributed by atoms with van der Waals surface area (Å²) in [5, 5.41) is 8.69. The summed E-state index contributed by atoms with van der Waals surface area (Å²) in [6.45, 7) is 1.83. The van der Waals surface area contributed by atoms with Crippen LogP contribution < -0.4 is 4.90 Å². The topological polar surface area (TPSA) is 40.5 Å². The summed E-state index contributed by atoms with van der Waals surface area (Å²) in [7, 11) is 0. The van der Waals surface area contributed by atoms with Gasteiger partial charge in [0, 0.05) is 36.2 Å². The largest absolute Gasteiger partial charge is 0.478 e. The number of carboxylic acids is 1. The Morgan fingerprint density at radius 3 is 3.00 bits per heavy atom. The third kappa shape index (κ3) is 3.99. The van der Waals surface area contributed by atoms with Crippen molar-refractivity contribution in [2.24, 2.45) is 0 Å². The summed E-state index contributed by atoms with van der Waals surface area (Å²) in [5.74, 6) is 0.803. The number of aliphatic carboxylic acids is 1. The van der Waals surface area contributed by atoms with E-state index in [4.69, 9.17) is 5.11 Å². The van der Waals surface area contributed by atoms with Gasteiger partial charge in [-0.3, -0.25) is 0 Å². The highest BCUT2D eigenvalue weighted by molar-refractivity contribution is 7.99. The lowest BCUT2D eigenvalue weighted by atomic mass is 10.1. The maximum absolute atomic E-state index is 13.3. The fraction of sp³-hybridized carbons (Fsp3) is 0.357. The molecule has 1 aliphatic rings. The predicted octanol–water partition coefficient (Wildman–Crippen LogP) is 2.87. The van der Waals surface area contributed by atoms with E-state index in [9.17, 15) is 9.18 Å². The average molecular weight is 281 g/mol. The summed E-state index contributed by atoms with van der Waals surface area (Å²) >= 11 is 1.91. The number of benzene rings is 1. The van der Waals surface area contributed by atoms with Gasteiger partial charge in [-0.25, -0.2) is 9.18 Å². The summed E-state index contributed by atoms with van der Waals surface area (Å²) in [6.07, 6.45) is 3.59. The highest BCUT2D eigenvalue weighted by atomic mass is 32.2. The van der Waals surface area contributed by atoms with Crippen molar-refractivity contribution in [1.82, 2.24) is 0 Å². The van der Waals surface area contributed by atoms with E-state index in [-0.39, 0.29) is 5.82 Å². The van der Waals surface area contributed by atoms with Crippen molar-refractivity contribution in [2.45, 2.75) is 6.42 Å². The van der Waals surface area contributed by atoms with Crippen LogP contribution in [-0.4, -0.2) is 35.7 Å². The van der Waals surface area contributed by atoms with E-state index in [1.165, 1.54) is 18.2 Å². The van der Waals surface area contributed by atoms with Crippen molar-refractivity contribution in [1.29, 1.82) is 0 Å². The normalized spacial score (nSPS) is 16.6. The molecule has 0 amide bonds. The molecule has 0 aliphatic carbocycles. The number of rotatable bonds is 3. The molecule has 1 aromatic carbocycles. The molecule has 19 heavy (non-hydrogen) atoms. The quantitative estimate of drug-likeness (QED) is 0.865. The van der Waals surface area contributed by atoms with Crippen LogP contribution in [0.4, 0.5) is 10.1 Å². The molecular weight excluding hydrogens is 265 g/mol. The Morgan fingerprint density at radius 1 is 1.37 bits per heavy atom. The van der Waals surface area contributed by atoms with E-state index in [0.29, 0.717) is 5.56 Å². The van der Waals surface area contributed by atoms with Crippen LogP contribution in [0.1, 0.15) is 12.0 Å². The lowest BCUT2D eigenvalue weighted by Crippen LogP contribution is -2.26. The van der Waals surface area contributed by atoms with Gasteiger partial charge in [-0.05, 0) is 36.4 Å². The molecule has 0 atom stereocenters. The molecule has 0 aromatic heterocycles. The molecule has 0 saturated carbocycles. The zero-order valence-corrected chi connectivity index (χ0v) is 11.3. The van der Waals surface area contributed by atoms with E-state index in [1.807, 2.05) is 11.8 Å². The van der Waals surface area contributed by atoms with E-state index < -0.39 is 5.97 Å². The molecule has 102 valence electrons. The minimum absolute atomic E-state index is 0.349. The second-order valence-corrected chi connectivity index (χ2v) is 5.55. The molecule has 0 radical (unpaired) electrons. The maximum atomic E-state index is 13.3. The number of halogens is 1. The third-order valence-electron chi connectivity index (χ3n) is 2.96. The molecule has 1 aliphatic heterocycles. The Morgan fingerprint density at radius 2 is 2.21 bits per heavy atom. The lowest BCUT2D eigenvalue weighted by Gasteiger charge is -2.24. The number of carbonyl (C=O) groups is 1. The second kappa shape index (κ2) is 6.61. The number of anilines is 1. The molecule has 0 bridgehead atoms. The Labute approximate surface area is 116 Å². The zero-order chi connectivity index (χ0) is 13.7. The van der Waals surface area contributed by atoms with Crippen molar-refractivity contribution in [3.8, 4) is 0 Å². The summed E-state index contributed by atoms with van der Waals surface area (Å²) in [4.78, 5) is 12.8. The first-order valence-electron chi connectivity index (χ1n) is 6.20. The van der Waals surface area contributed by atoms with Gasteiger partial charge < -0.3 is 10.0 Å². The Kier molecular flexibility index (Phi) is 4.85. The molecule has 0 spiro atoms. The first-order chi connectivity index (χ1) is 9.16. The van der Waals surface area contributed by atoms with Crippen molar-refractivity contribution < 1.29 is 14.3 Å². The molecule has 1 N–H and O–H groups in total. The fourth-order valence-electron chi connectivity index (χ4n) is 2.09. The van der Waals surface area contributed by atoms with E-state index in [0.717, 1.165) is 42.8 Å². The van der Waals surface area contributed by atoms with Gasteiger partial charge in [0.2, 0.25) is 0 Å². The lowest BCUT2D eigenvalue weighted by molar-refractivity contribution is -0.131. The van der Waals surface area contributed by atoms with Crippen LogP contribution in [0.2, 0.25) is 0 Å². The minimum Gasteiger partial charge on any atom is -0.478 e. The first kappa shape index (κ1) is 13.9. The van der Waals surface area contributed by atoms with Crippen LogP contribution >= 0.6 is 11.8 Å². The van der Waals surface area contributed by atoms with Crippen LogP contribution in [-0.2, 0) is 4.79 Å². The predicted molar refractivity (Wildman–Crippen MR) is 77.2 cm³/mol. The number of thioether (sulfide) groups is 1. The van der Waals surface area contributed by atoms with Gasteiger partial charge in [0.1, 0.15) is 5.82 Å². The molecule has 1 heterocycles. The Bertz CT molecular complexity index is 482. The highest BCUT2D eigenvalue weighted by Gasteiger charge is 2.13. The third-order valence-corrected chi connectivity index (χ3v) is 4.01. The molecule has 2 rings (SSSR count). The maximum Gasteiger partial charge on any atom is 0.328 e. The van der Waals surface area contributed by atoms with Crippen LogP contribution in [0, 0.1) is 5.82 Å². The smallest absolute Gasteiger partial charge is 0.328 e. The van der Waals surface area contributed by atoms with Crippen molar-refractivity contribution in [3.05, 3.63) is 35.7 Å². The molecule has 0 unspecified atom stereocenters. The Hall–Kier alpha value is -1.49. The average Bonchev–Trinajstić information content (AvgIpc) is 2.65. The fourth-order valence-corrected chi connectivity index (χ4v) is 2.98. The molecule has 3 nitrogen and oxygen atoms in total. The van der Waals surface area contributed by atoms with Gasteiger partial charge in [0.05, 0.1) is 0 Å². The van der Waals surface area contributed by atoms with Gasteiger partial charge in [0.25, 0.3) is 0 Å². The van der Waals surface area contributed by atoms with Gasteiger partial charge in [0.15, 0.2) is 0 Å². The van der Waals surface area contributed by atoms with Crippen molar-refractivity contribution >= 4 is 29.5 Å². The molecular formula is C14H16FNO2S. The highest BCUT2D eigenvalue weighted by Crippen LogP contribution is 2.25. The second-order valence-electron chi connectivity index (χ2n) is 4.33. The summed E-state index contributed by atoms with van der Waals surface area (Å²) in [5.41, 5.74) is 1.52. The summed E-state index contributed by atoms with van der Waals surface area (Å²) in [6, 6.07) is 4.53. The summed E-state index contributed by atoms with van der Waals surface area (Å²) < 4.78 is 13.3. The monoisotopic (exact) mass is 281 g/mol. The Balaban J connectivity index is 2.29. The first-order valence-corrected chi connectivity index (χ1v) is 7.35. The molecule has 5 heteroatoms. The van der Waals surface area contributed by atoms with Crippen LogP contribution in [0.25, 0.3) is 6.08 Å². The number of nitrogens with zero attached hydrogens (tertiary/aromatic N) is 1. The number of hydrogen-bond donors (Lipinski definition) is 1. The SMILES string of the molecule is O=C(O)C=Cc1cc(F)ccc1N1CCCSCC1. The van der Waals surface area contributed by atoms with Gasteiger partial charge in [-0.15, -0.1) is 0 Å². The van der Waals surface area contributed by atoms with Gasteiger partial charge in [-0.2, -0.15) is 11.8 Å². The van der Waals surface area contributed by atoms with Gasteiger partial charge in [-0.1, -0.05) is 0 Å². The van der Waals surface area contributed by atoms with Crippen LogP contribution in [0.5, 0.6) is 0 Å². The standard InChI is InChI=1S/C14H16FNO2S/c15-12-3-4-13(11(10-12)2-5-14(17)18)16-6-1-8-19-9-7-16/h2-5,10H,1,6-9H2,(H,17,18). The molecule has 1 saturated heterocycles. The van der Waals surface area contributed by atoms with Crippen LogP contribution in [0.3, 0.4) is 0 Å². The van der Waals surface area contributed by atoms with E-state index in [1.54, 1.807) is 6.07 Å². The minimum atomic E-state index is -1.03. The number of carboxylic acid groups (broad SMARTS) is 1. The van der Waals surface area contributed by atoms with Crippen molar-refractivity contribution in [2.75, 3.05) is 29.5 Å². The molecule has 1 aromatic rings. The van der Waals surface area contributed by atoms with E-state index >= 15 is 0 Å². The molecule has 1 fully saturated rings.